The number of ether oxygens (including phenoxy) is 2. The summed E-state index contributed by atoms with van der Waals surface area (Å²) in [6.07, 6.45) is -1.35. The fourth-order valence-corrected chi connectivity index (χ4v) is 2.86. The van der Waals surface area contributed by atoms with E-state index < -0.39 is 12.1 Å². The second-order valence-electron chi connectivity index (χ2n) is 4.81. The first kappa shape index (κ1) is 16.5. The van der Waals surface area contributed by atoms with E-state index in [0.717, 1.165) is 11.1 Å². The molecule has 0 fully saturated rings. The van der Waals surface area contributed by atoms with Crippen molar-refractivity contribution in [2.45, 2.75) is 19.6 Å². The molecule has 0 aliphatic carbocycles. The Bertz CT molecular complexity index is 655. The summed E-state index contributed by atoms with van der Waals surface area (Å²) >= 11 is 3.41. The molecule has 1 atom stereocenters. The van der Waals surface area contributed by atoms with Gasteiger partial charge in [-0.3, -0.25) is 0 Å². The minimum atomic E-state index is -1.35. The number of carbonyl (C=O) groups excluding carboxylic acids is 1. The fourth-order valence-electron chi connectivity index (χ4n) is 2.08. The lowest BCUT2D eigenvalue weighted by Crippen LogP contribution is -2.15. The van der Waals surface area contributed by atoms with Crippen LogP contribution in [0.4, 0.5) is 0 Å². The van der Waals surface area contributed by atoms with Crippen molar-refractivity contribution in [3.8, 4) is 5.75 Å². The largest absolute Gasteiger partial charge is 0.488 e. The van der Waals surface area contributed by atoms with Crippen LogP contribution in [0.1, 0.15) is 22.8 Å². The summed E-state index contributed by atoms with van der Waals surface area (Å²) in [7, 11) is 1.24. The number of benzene rings is 2. The van der Waals surface area contributed by atoms with Crippen LogP contribution in [0.25, 0.3) is 0 Å². The van der Waals surface area contributed by atoms with Crippen LogP contribution in [-0.2, 0) is 16.1 Å². The van der Waals surface area contributed by atoms with Crippen LogP contribution in [0.5, 0.6) is 5.75 Å². The fraction of sp³-hybridized carbons (Fsp3) is 0.235. The van der Waals surface area contributed by atoms with Crippen molar-refractivity contribution in [1.29, 1.82) is 0 Å². The zero-order valence-corrected chi connectivity index (χ0v) is 14.0. The Morgan fingerprint density at radius 2 is 1.91 bits per heavy atom. The van der Waals surface area contributed by atoms with Crippen LogP contribution in [0.2, 0.25) is 0 Å². The van der Waals surface area contributed by atoms with Gasteiger partial charge < -0.3 is 14.6 Å². The Kier molecular flexibility index (Phi) is 5.57. The molecule has 0 aliphatic rings. The number of halogens is 1. The maximum atomic E-state index is 11.6. The number of methoxy groups -OCH3 is 1. The van der Waals surface area contributed by atoms with Gasteiger partial charge in [0.05, 0.1) is 11.6 Å². The zero-order valence-electron chi connectivity index (χ0n) is 12.4. The number of hydrogen-bond acceptors (Lipinski definition) is 4. The highest BCUT2D eigenvalue weighted by Crippen LogP contribution is 2.35. The normalized spacial score (nSPS) is 11.8. The van der Waals surface area contributed by atoms with Gasteiger partial charge in [0.15, 0.2) is 6.10 Å². The van der Waals surface area contributed by atoms with Crippen molar-refractivity contribution in [2.24, 2.45) is 0 Å². The molecule has 5 heteroatoms. The van der Waals surface area contributed by atoms with Crippen LogP contribution in [0.15, 0.2) is 46.9 Å². The maximum Gasteiger partial charge on any atom is 0.339 e. The lowest BCUT2D eigenvalue weighted by molar-refractivity contribution is -0.150. The van der Waals surface area contributed by atoms with Crippen molar-refractivity contribution in [3.63, 3.8) is 0 Å². The average Bonchev–Trinajstić information content (AvgIpc) is 2.54. The van der Waals surface area contributed by atoms with Gasteiger partial charge in [-0.2, -0.15) is 0 Å². The van der Waals surface area contributed by atoms with Gasteiger partial charge >= 0.3 is 5.97 Å². The Balaban J connectivity index is 2.25. The summed E-state index contributed by atoms with van der Waals surface area (Å²) in [5.41, 5.74) is 2.26. The number of aliphatic hydroxyl groups excluding tert-OH is 1. The van der Waals surface area contributed by atoms with E-state index in [0.29, 0.717) is 22.4 Å². The standard InChI is InChI=1S/C17H17BrO4/c1-11-8-9-13(22-10-12-6-4-3-5-7-12)15(18)14(11)16(19)17(20)21-2/h3-9,16,19H,10H2,1-2H3. The third kappa shape index (κ3) is 3.67. The van der Waals surface area contributed by atoms with Gasteiger partial charge in [0, 0.05) is 5.56 Å². The van der Waals surface area contributed by atoms with Gasteiger partial charge in [-0.05, 0) is 40.0 Å². The summed E-state index contributed by atoms with van der Waals surface area (Å²) < 4.78 is 10.9. The zero-order chi connectivity index (χ0) is 16.1. The molecule has 2 aromatic rings. The topological polar surface area (TPSA) is 55.8 Å². The Labute approximate surface area is 137 Å². The lowest BCUT2D eigenvalue weighted by atomic mass is 10.0. The molecule has 0 aliphatic heterocycles. The third-order valence-corrected chi connectivity index (χ3v) is 4.12. The Morgan fingerprint density at radius 1 is 1.23 bits per heavy atom. The molecule has 0 spiro atoms. The van der Waals surface area contributed by atoms with Gasteiger partial charge in [0.25, 0.3) is 0 Å². The molecule has 0 heterocycles. The van der Waals surface area contributed by atoms with Crippen LogP contribution in [0.3, 0.4) is 0 Å². The van der Waals surface area contributed by atoms with E-state index in [4.69, 9.17) is 4.74 Å². The molecular formula is C17H17BrO4. The van der Waals surface area contributed by atoms with Crippen LogP contribution in [-0.4, -0.2) is 18.2 Å². The summed E-state index contributed by atoms with van der Waals surface area (Å²) in [4.78, 5) is 11.6. The van der Waals surface area contributed by atoms with E-state index in [1.54, 1.807) is 12.1 Å². The highest BCUT2D eigenvalue weighted by molar-refractivity contribution is 9.10. The first-order chi connectivity index (χ1) is 10.5. The minimum absolute atomic E-state index is 0.399. The minimum Gasteiger partial charge on any atom is -0.488 e. The monoisotopic (exact) mass is 364 g/mol. The van der Waals surface area contributed by atoms with Crippen LogP contribution < -0.4 is 4.74 Å². The van der Waals surface area contributed by atoms with Gasteiger partial charge in [0.2, 0.25) is 0 Å². The van der Waals surface area contributed by atoms with E-state index in [9.17, 15) is 9.90 Å². The first-order valence-corrected chi connectivity index (χ1v) is 7.55. The predicted octanol–water partition coefficient (Wildman–Crippen LogP) is 3.54. The number of aliphatic hydroxyl groups is 1. The molecule has 116 valence electrons. The van der Waals surface area contributed by atoms with E-state index in [-0.39, 0.29) is 0 Å². The quantitative estimate of drug-likeness (QED) is 0.824. The number of carbonyl (C=O) groups is 1. The molecule has 0 saturated carbocycles. The summed E-state index contributed by atoms with van der Waals surface area (Å²) in [5.74, 6) is -0.142. The van der Waals surface area contributed by atoms with E-state index in [1.807, 2.05) is 37.3 Å². The van der Waals surface area contributed by atoms with Gasteiger partial charge in [-0.1, -0.05) is 36.4 Å². The predicted molar refractivity (Wildman–Crippen MR) is 86.6 cm³/mol. The smallest absolute Gasteiger partial charge is 0.339 e. The van der Waals surface area contributed by atoms with Gasteiger partial charge in [-0.15, -0.1) is 0 Å². The third-order valence-electron chi connectivity index (χ3n) is 3.30. The molecule has 22 heavy (non-hydrogen) atoms. The van der Waals surface area contributed by atoms with Crippen molar-refractivity contribution >= 4 is 21.9 Å². The van der Waals surface area contributed by atoms with Crippen LogP contribution in [0, 0.1) is 6.92 Å². The Hall–Kier alpha value is -1.85. The average molecular weight is 365 g/mol. The number of aryl methyl sites for hydroxylation is 1. The first-order valence-electron chi connectivity index (χ1n) is 6.76. The molecule has 0 aromatic heterocycles. The summed E-state index contributed by atoms with van der Waals surface area (Å²) in [6.45, 7) is 2.21. The molecule has 2 rings (SSSR count). The van der Waals surface area contributed by atoms with E-state index in [1.165, 1.54) is 7.11 Å². The molecule has 0 amide bonds. The highest BCUT2D eigenvalue weighted by Gasteiger charge is 2.24. The maximum absolute atomic E-state index is 11.6. The van der Waals surface area contributed by atoms with E-state index in [2.05, 4.69) is 20.7 Å². The molecular weight excluding hydrogens is 348 g/mol. The number of rotatable bonds is 5. The Morgan fingerprint density at radius 3 is 2.55 bits per heavy atom. The number of esters is 1. The lowest BCUT2D eigenvalue weighted by Gasteiger charge is -2.17. The van der Waals surface area contributed by atoms with Crippen LogP contribution >= 0.6 is 15.9 Å². The molecule has 1 N–H and O–H groups in total. The second-order valence-corrected chi connectivity index (χ2v) is 5.60. The second kappa shape index (κ2) is 7.42. The molecule has 2 aromatic carbocycles. The van der Waals surface area contributed by atoms with Crippen molar-refractivity contribution in [2.75, 3.05) is 7.11 Å². The highest BCUT2D eigenvalue weighted by atomic mass is 79.9. The molecule has 0 bridgehead atoms. The van der Waals surface area contributed by atoms with E-state index >= 15 is 0 Å². The van der Waals surface area contributed by atoms with Crippen molar-refractivity contribution in [1.82, 2.24) is 0 Å². The SMILES string of the molecule is COC(=O)C(O)c1c(C)ccc(OCc2ccccc2)c1Br. The summed E-state index contributed by atoms with van der Waals surface area (Å²) in [5, 5.41) is 10.1. The molecule has 0 saturated heterocycles. The summed E-state index contributed by atoms with van der Waals surface area (Å²) in [6, 6.07) is 13.3. The number of hydrogen-bond donors (Lipinski definition) is 1. The molecule has 4 nitrogen and oxygen atoms in total. The van der Waals surface area contributed by atoms with Crippen molar-refractivity contribution < 1.29 is 19.4 Å². The van der Waals surface area contributed by atoms with Gasteiger partial charge in [0.1, 0.15) is 12.4 Å². The molecule has 0 radical (unpaired) electrons. The van der Waals surface area contributed by atoms with Crippen molar-refractivity contribution in [3.05, 3.63) is 63.6 Å². The molecule has 1 unspecified atom stereocenters. The van der Waals surface area contributed by atoms with Gasteiger partial charge in [-0.25, -0.2) is 4.79 Å².